The van der Waals surface area contributed by atoms with Crippen LogP contribution in [0.25, 0.3) is 11.5 Å². The molecule has 17 heavy (non-hydrogen) atoms. The first-order valence-corrected chi connectivity index (χ1v) is 5.33. The van der Waals surface area contributed by atoms with E-state index in [4.69, 9.17) is 5.73 Å². The first kappa shape index (κ1) is 11.5. The molecule has 0 atom stereocenters. The standard InChI is InChI=1S/C12H14N4O/c1-7-3-8(2)10(14-5-7)11-15-6-9(4-13)12(17)16-11/h3,5-6H,4,13H2,1-2H3,(H,15,16,17). The number of pyridine rings is 1. The Bertz CT molecular complexity index is 604. The van der Waals surface area contributed by atoms with Crippen LogP contribution in [0.3, 0.4) is 0 Å². The molecule has 0 amide bonds. The lowest BCUT2D eigenvalue weighted by atomic mass is 10.1. The number of H-pyrrole nitrogens is 1. The molecule has 0 aliphatic rings. The van der Waals surface area contributed by atoms with Gasteiger partial charge in [0.05, 0.1) is 0 Å². The van der Waals surface area contributed by atoms with E-state index in [0.717, 1.165) is 11.1 Å². The van der Waals surface area contributed by atoms with Crippen LogP contribution in [0.4, 0.5) is 0 Å². The van der Waals surface area contributed by atoms with Gasteiger partial charge >= 0.3 is 0 Å². The Morgan fingerprint density at radius 2 is 2.06 bits per heavy atom. The smallest absolute Gasteiger partial charge is 0.255 e. The maximum atomic E-state index is 11.6. The van der Waals surface area contributed by atoms with Gasteiger partial charge in [-0.1, -0.05) is 6.07 Å². The third kappa shape index (κ3) is 2.24. The second kappa shape index (κ2) is 4.47. The van der Waals surface area contributed by atoms with Gasteiger partial charge in [0.1, 0.15) is 5.69 Å². The molecular formula is C12H14N4O. The summed E-state index contributed by atoms with van der Waals surface area (Å²) in [6, 6.07) is 2.00. The first-order chi connectivity index (χ1) is 8.11. The number of rotatable bonds is 2. The van der Waals surface area contributed by atoms with Crippen molar-refractivity contribution in [2.75, 3.05) is 0 Å². The number of nitrogens with two attached hydrogens (primary N) is 1. The van der Waals surface area contributed by atoms with Crippen molar-refractivity contribution in [1.82, 2.24) is 15.0 Å². The highest BCUT2D eigenvalue weighted by Crippen LogP contribution is 2.16. The van der Waals surface area contributed by atoms with Crippen molar-refractivity contribution in [2.24, 2.45) is 5.73 Å². The van der Waals surface area contributed by atoms with Crippen LogP contribution in [-0.4, -0.2) is 15.0 Å². The van der Waals surface area contributed by atoms with E-state index in [2.05, 4.69) is 15.0 Å². The van der Waals surface area contributed by atoms with Crippen molar-refractivity contribution in [3.05, 3.63) is 45.5 Å². The molecule has 2 aromatic heterocycles. The molecule has 0 unspecified atom stereocenters. The number of hydrogen-bond acceptors (Lipinski definition) is 4. The van der Waals surface area contributed by atoms with E-state index in [1.165, 1.54) is 6.20 Å². The molecule has 88 valence electrons. The molecule has 0 fully saturated rings. The Hall–Kier alpha value is -2.01. The van der Waals surface area contributed by atoms with E-state index in [9.17, 15) is 4.79 Å². The highest BCUT2D eigenvalue weighted by Gasteiger charge is 2.07. The normalized spacial score (nSPS) is 10.5. The van der Waals surface area contributed by atoms with Crippen LogP contribution in [-0.2, 0) is 6.54 Å². The molecule has 0 spiro atoms. The van der Waals surface area contributed by atoms with Gasteiger partial charge < -0.3 is 10.7 Å². The van der Waals surface area contributed by atoms with Crippen molar-refractivity contribution in [3.8, 4) is 11.5 Å². The molecule has 0 aliphatic heterocycles. The molecule has 0 saturated heterocycles. The Morgan fingerprint density at radius 3 is 2.65 bits per heavy atom. The van der Waals surface area contributed by atoms with E-state index in [1.54, 1.807) is 6.20 Å². The number of nitrogens with one attached hydrogen (secondary N) is 1. The summed E-state index contributed by atoms with van der Waals surface area (Å²) in [5, 5.41) is 0. The summed E-state index contributed by atoms with van der Waals surface area (Å²) in [7, 11) is 0. The van der Waals surface area contributed by atoms with E-state index in [1.807, 2.05) is 19.9 Å². The van der Waals surface area contributed by atoms with E-state index in [-0.39, 0.29) is 12.1 Å². The molecule has 2 aromatic rings. The number of nitrogens with zero attached hydrogens (tertiary/aromatic N) is 2. The van der Waals surface area contributed by atoms with E-state index < -0.39 is 0 Å². The zero-order valence-electron chi connectivity index (χ0n) is 9.82. The second-order valence-corrected chi connectivity index (χ2v) is 3.97. The lowest BCUT2D eigenvalue weighted by Gasteiger charge is -2.05. The van der Waals surface area contributed by atoms with Gasteiger partial charge in [0.2, 0.25) is 0 Å². The third-order valence-electron chi connectivity index (χ3n) is 2.53. The van der Waals surface area contributed by atoms with Crippen molar-refractivity contribution in [1.29, 1.82) is 0 Å². The first-order valence-electron chi connectivity index (χ1n) is 5.33. The molecule has 5 nitrogen and oxygen atoms in total. The van der Waals surface area contributed by atoms with Crippen molar-refractivity contribution in [3.63, 3.8) is 0 Å². The van der Waals surface area contributed by atoms with Gasteiger partial charge in [0, 0.05) is 24.5 Å². The summed E-state index contributed by atoms with van der Waals surface area (Å²) in [5.41, 5.74) is 8.42. The Kier molecular flexibility index (Phi) is 3.01. The van der Waals surface area contributed by atoms with Gasteiger partial charge in [-0.3, -0.25) is 9.78 Å². The molecule has 0 bridgehead atoms. The Balaban J connectivity index is 2.54. The molecule has 5 heteroatoms. The fourth-order valence-corrected chi connectivity index (χ4v) is 1.65. The lowest BCUT2D eigenvalue weighted by molar-refractivity contribution is 0.972. The van der Waals surface area contributed by atoms with Crippen LogP contribution in [0.2, 0.25) is 0 Å². The Morgan fingerprint density at radius 1 is 1.29 bits per heavy atom. The molecule has 2 rings (SSSR count). The zero-order chi connectivity index (χ0) is 12.4. The van der Waals surface area contributed by atoms with Gasteiger partial charge in [-0.15, -0.1) is 0 Å². The predicted octanol–water partition coefficient (Wildman–Crippen LogP) is 0.907. The molecule has 0 radical (unpaired) electrons. The number of aromatic amines is 1. The highest BCUT2D eigenvalue weighted by atomic mass is 16.1. The number of aryl methyl sites for hydroxylation is 2. The van der Waals surface area contributed by atoms with Crippen molar-refractivity contribution >= 4 is 0 Å². The summed E-state index contributed by atoms with van der Waals surface area (Å²) in [6.45, 7) is 4.09. The SMILES string of the molecule is Cc1cnc(-c2ncc(CN)c(=O)[nH]2)c(C)c1. The summed E-state index contributed by atoms with van der Waals surface area (Å²) in [5.74, 6) is 0.477. The maximum Gasteiger partial charge on any atom is 0.255 e. The van der Waals surface area contributed by atoms with Crippen molar-refractivity contribution in [2.45, 2.75) is 20.4 Å². The summed E-state index contributed by atoms with van der Waals surface area (Å²) in [4.78, 5) is 22.8. The number of hydrogen-bond donors (Lipinski definition) is 2. The maximum absolute atomic E-state index is 11.6. The van der Waals surface area contributed by atoms with Crippen molar-refractivity contribution < 1.29 is 0 Å². The van der Waals surface area contributed by atoms with Gasteiger partial charge in [-0.2, -0.15) is 0 Å². The molecule has 0 saturated carbocycles. The Labute approximate surface area is 98.7 Å². The minimum atomic E-state index is -0.209. The summed E-state index contributed by atoms with van der Waals surface area (Å²) < 4.78 is 0. The molecule has 0 aliphatic carbocycles. The second-order valence-electron chi connectivity index (χ2n) is 3.97. The van der Waals surface area contributed by atoms with Crippen LogP contribution in [0.1, 0.15) is 16.7 Å². The van der Waals surface area contributed by atoms with Crippen LogP contribution in [0.5, 0.6) is 0 Å². The highest BCUT2D eigenvalue weighted by molar-refractivity contribution is 5.54. The molecule has 3 N–H and O–H groups in total. The predicted molar refractivity (Wildman–Crippen MR) is 65.5 cm³/mol. The quantitative estimate of drug-likeness (QED) is 0.803. The molecule has 2 heterocycles. The van der Waals surface area contributed by atoms with Crippen LogP contribution >= 0.6 is 0 Å². The average Bonchev–Trinajstić information content (AvgIpc) is 2.29. The summed E-state index contributed by atoms with van der Waals surface area (Å²) >= 11 is 0. The van der Waals surface area contributed by atoms with Crippen LogP contribution in [0, 0.1) is 13.8 Å². The monoisotopic (exact) mass is 230 g/mol. The fraction of sp³-hybridized carbons (Fsp3) is 0.250. The van der Waals surface area contributed by atoms with Gasteiger partial charge in [0.15, 0.2) is 5.82 Å². The van der Waals surface area contributed by atoms with Gasteiger partial charge in [-0.05, 0) is 25.0 Å². The van der Waals surface area contributed by atoms with E-state index in [0.29, 0.717) is 17.1 Å². The fourth-order valence-electron chi connectivity index (χ4n) is 1.65. The summed E-state index contributed by atoms with van der Waals surface area (Å²) in [6.07, 6.45) is 3.24. The average molecular weight is 230 g/mol. The molecule has 0 aromatic carbocycles. The number of aromatic nitrogens is 3. The minimum Gasteiger partial charge on any atom is -0.326 e. The van der Waals surface area contributed by atoms with E-state index >= 15 is 0 Å². The minimum absolute atomic E-state index is 0.183. The molecular weight excluding hydrogens is 216 g/mol. The van der Waals surface area contributed by atoms with Crippen LogP contribution in [0.15, 0.2) is 23.3 Å². The lowest BCUT2D eigenvalue weighted by Crippen LogP contribution is -2.17. The third-order valence-corrected chi connectivity index (χ3v) is 2.53. The topological polar surface area (TPSA) is 84.7 Å². The van der Waals surface area contributed by atoms with Gasteiger partial charge in [-0.25, -0.2) is 4.98 Å². The van der Waals surface area contributed by atoms with Crippen LogP contribution < -0.4 is 11.3 Å². The largest absolute Gasteiger partial charge is 0.326 e. The van der Waals surface area contributed by atoms with Gasteiger partial charge in [0.25, 0.3) is 5.56 Å². The zero-order valence-corrected chi connectivity index (χ0v) is 9.82.